The van der Waals surface area contributed by atoms with Crippen LogP contribution in [0.3, 0.4) is 0 Å². The molecule has 0 amide bonds. The highest BCUT2D eigenvalue weighted by molar-refractivity contribution is 5.33. The summed E-state index contributed by atoms with van der Waals surface area (Å²) in [6.07, 6.45) is 13.7. The first kappa shape index (κ1) is 14.0. The second-order valence-electron chi connectivity index (χ2n) is 6.81. The third-order valence-electron chi connectivity index (χ3n) is 5.13. The number of aromatic nitrogens is 2. The lowest BCUT2D eigenvalue weighted by Gasteiger charge is -2.34. The summed E-state index contributed by atoms with van der Waals surface area (Å²) in [6.45, 7) is 1.12. The van der Waals surface area contributed by atoms with Gasteiger partial charge in [0.25, 0.3) is 0 Å². The Bertz CT molecular complexity index is 578. The van der Waals surface area contributed by atoms with Crippen LogP contribution in [0.25, 0.3) is 5.69 Å². The van der Waals surface area contributed by atoms with E-state index in [1.807, 2.05) is 23.1 Å². The predicted molar refractivity (Wildman–Crippen MR) is 89.0 cm³/mol. The highest BCUT2D eigenvalue weighted by atomic mass is 15.3. The molecular formula is C19H25N3. The van der Waals surface area contributed by atoms with Gasteiger partial charge < -0.3 is 0 Å². The average molecular weight is 295 g/mol. The molecule has 1 aromatic carbocycles. The lowest BCUT2D eigenvalue weighted by molar-refractivity contribution is 0.139. The Morgan fingerprint density at radius 3 is 2.32 bits per heavy atom. The van der Waals surface area contributed by atoms with E-state index in [0.29, 0.717) is 0 Å². The molecule has 4 rings (SSSR count). The van der Waals surface area contributed by atoms with Crippen molar-refractivity contribution in [3.05, 3.63) is 48.3 Å². The molecule has 0 radical (unpaired) electrons. The van der Waals surface area contributed by atoms with Gasteiger partial charge in [-0.1, -0.05) is 31.4 Å². The SMILES string of the molecule is c1cnn(-c2ccc(CN(C3CCCCC3)C3CC3)cc2)c1. The van der Waals surface area contributed by atoms with Crippen molar-refractivity contribution in [1.82, 2.24) is 14.7 Å². The molecule has 1 aromatic heterocycles. The molecule has 2 aromatic rings. The molecular weight excluding hydrogens is 270 g/mol. The molecule has 1 heterocycles. The van der Waals surface area contributed by atoms with Crippen molar-refractivity contribution < 1.29 is 0 Å². The van der Waals surface area contributed by atoms with Gasteiger partial charge in [-0.05, 0) is 49.4 Å². The van der Waals surface area contributed by atoms with Crippen molar-refractivity contribution in [3.63, 3.8) is 0 Å². The highest BCUT2D eigenvalue weighted by Gasteiger charge is 2.34. The molecule has 116 valence electrons. The fourth-order valence-corrected chi connectivity index (χ4v) is 3.76. The standard InChI is InChI=1S/C19H25N3/c1-2-5-17(6-3-1)21(18-11-12-18)15-16-7-9-19(10-8-16)22-14-4-13-20-22/h4,7-10,13-14,17-18H,1-3,5-6,11-12,15H2. The van der Waals surface area contributed by atoms with Gasteiger partial charge >= 0.3 is 0 Å². The zero-order valence-corrected chi connectivity index (χ0v) is 13.2. The molecule has 22 heavy (non-hydrogen) atoms. The van der Waals surface area contributed by atoms with Gasteiger partial charge in [-0.25, -0.2) is 4.68 Å². The normalized spacial score (nSPS) is 19.7. The van der Waals surface area contributed by atoms with Crippen LogP contribution in [0.1, 0.15) is 50.5 Å². The minimum atomic E-state index is 0.826. The lowest BCUT2D eigenvalue weighted by Crippen LogP contribution is -2.37. The van der Waals surface area contributed by atoms with E-state index in [0.717, 1.165) is 24.3 Å². The Morgan fingerprint density at radius 1 is 0.955 bits per heavy atom. The van der Waals surface area contributed by atoms with Gasteiger partial charge in [-0.15, -0.1) is 0 Å². The van der Waals surface area contributed by atoms with Gasteiger partial charge in [0.1, 0.15) is 0 Å². The Balaban J connectivity index is 1.46. The maximum atomic E-state index is 4.30. The summed E-state index contributed by atoms with van der Waals surface area (Å²) < 4.78 is 1.92. The number of rotatable bonds is 5. The van der Waals surface area contributed by atoms with Gasteiger partial charge in [0.2, 0.25) is 0 Å². The van der Waals surface area contributed by atoms with Crippen molar-refractivity contribution in [2.24, 2.45) is 0 Å². The molecule has 0 saturated heterocycles. The zero-order valence-electron chi connectivity index (χ0n) is 13.2. The lowest BCUT2D eigenvalue weighted by atomic mass is 9.93. The molecule has 3 heteroatoms. The Labute approximate surface area is 132 Å². The molecule has 0 spiro atoms. The molecule has 0 unspecified atom stereocenters. The van der Waals surface area contributed by atoms with Crippen molar-refractivity contribution in [3.8, 4) is 5.69 Å². The van der Waals surface area contributed by atoms with Crippen LogP contribution in [-0.2, 0) is 6.54 Å². The zero-order chi connectivity index (χ0) is 14.8. The summed E-state index contributed by atoms with van der Waals surface area (Å²) in [5.74, 6) is 0. The Hall–Kier alpha value is -1.61. The number of nitrogens with zero attached hydrogens (tertiary/aromatic N) is 3. The molecule has 2 aliphatic carbocycles. The van der Waals surface area contributed by atoms with Crippen LogP contribution in [0.4, 0.5) is 0 Å². The summed E-state index contributed by atoms with van der Waals surface area (Å²) in [4.78, 5) is 2.79. The minimum absolute atomic E-state index is 0.826. The molecule has 2 saturated carbocycles. The second-order valence-corrected chi connectivity index (χ2v) is 6.81. The molecule has 0 N–H and O–H groups in total. The van der Waals surface area contributed by atoms with Crippen LogP contribution in [0, 0.1) is 0 Å². The largest absolute Gasteiger partial charge is 0.293 e. The van der Waals surface area contributed by atoms with E-state index in [1.165, 1.54) is 50.5 Å². The third-order valence-corrected chi connectivity index (χ3v) is 5.13. The van der Waals surface area contributed by atoms with E-state index in [4.69, 9.17) is 0 Å². The molecule has 0 bridgehead atoms. The Kier molecular flexibility index (Phi) is 3.98. The Morgan fingerprint density at radius 2 is 1.68 bits per heavy atom. The van der Waals surface area contributed by atoms with E-state index in [-0.39, 0.29) is 0 Å². The molecule has 2 fully saturated rings. The van der Waals surface area contributed by atoms with Gasteiger partial charge in [-0.2, -0.15) is 5.10 Å². The van der Waals surface area contributed by atoms with E-state index in [9.17, 15) is 0 Å². The van der Waals surface area contributed by atoms with Crippen LogP contribution in [0.5, 0.6) is 0 Å². The topological polar surface area (TPSA) is 21.1 Å². The van der Waals surface area contributed by atoms with Crippen LogP contribution in [0.15, 0.2) is 42.7 Å². The van der Waals surface area contributed by atoms with Crippen LogP contribution in [0.2, 0.25) is 0 Å². The summed E-state index contributed by atoms with van der Waals surface area (Å²) in [5, 5.41) is 4.30. The molecule has 0 aliphatic heterocycles. The highest BCUT2D eigenvalue weighted by Crippen LogP contribution is 2.34. The van der Waals surface area contributed by atoms with Gasteiger partial charge in [-0.3, -0.25) is 4.90 Å². The minimum Gasteiger partial charge on any atom is -0.293 e. The second kappa shape index (κ2) is 6.25. The fraction of sp³-hybridized carbons (Fsp3) is 0.526. The summed E-state index contributed by atoms with van der Waals surface area (Å²) in [5.41, 5.74) is 2.58. The third kappa shape index (κ3) is 3.09. The quantitative estimate of drug-likeness (QED) is 0.825. The van der Waals surface area contributed by atoms with Crippen molar-refractivity contribution in [1.29, 1.82) is 0 Å². The van der Waals surface area contributed by atoms with E-state index >= 15 is 0 Å². The van der Waals surface area contributed by atoms with Crippen LogP contribution < -0.4 is 0 Å². The number of hydrogen-bond acceptors (Lipinski definition) is 2. The van der Waals surface area contributed by atoms with Crippen LogP contribution in [-0.4, -0.2) is 26.8 Å². The van der Waals surface area contributed by atoms with Crippen LogP contribution >= 0.6 is 0 Å². The first-order valence-corrected chi connectivity index (χ1v) is 8.75. The first-order chi connectivity index (χ1) is 10.9. The van der Waals surface area contributed by atoms with Gasteiger partial charge in [0.15, 0.2) is 0 Å². The van der Waals surface area contributed by atoms with E-state index in [1.54, 1.807) is 0 Å². The van der Waals surface area contributed by atoms with E-state index in [2.05, 4.69) is 34.3 Å². The number of benzene rings is 1. The van der Waals surface area contributed by atoms with Crippen molar-refractivity contribution in [2.75, 3.05) is 0 Å². The maximum absolute atomic E-state index is 4.30. The summed E-state index contributed by atoms with van der Waals surface area (Å²) in [6, 6.07) is 12.6. The smallest absolute Gasteiger partial charge is 0.0645 e. The fourth-order valence-electron chi connectivity index (χ4n) is 3.76. The molecule has 0 atom stereocenters. The molecule has 3 nitrogen and oxygen atoms in total. The van der Waals surface area contributed by atoms with E-state index < -0.39 is 0 Å². The summed E-state index contributed by atoms with van der Waals surface area (Å²) in [7, 11) is 0. The predicted octanol–water partition coefficient (Wildman–Crippen LogP) is 4.17. The summed E-state index contributed by atoms with van der Waals surface area (Å²) >= 11 is 0. The average Bonchev–Trinajstić information content (AvgIpc) is 3.27. The van der Waals surface area contributed by atoms with Crippen molar-refractivity contribution in [2.45, 2.75) is 63.6 Å². The van der Waals surface area contributed by atoms with Gasteiger partial charge in [0.05, 0.1) is 5.69 Å². The van der Waals surface area contributed by atoms with Crippen molar-refractivity contribution >= 4 is 0 Å². The monoisotopic (exact) mass is 295 g/mol. The van der Waals surface area contributed by atoms with Gasteiger partial charge in [0, 0.05) is 31.0 Å². The first-order valence-electron chi connectivity index (χ1n) is 8.75. The maximum Gasteiger partial charge on any atom is 0.0645 e. The molecule has 2 aliphatic rings. The number of hydrogen-bond donors (Lipinski definition) is 0.